The zero-order chi connectivity index (χ0) is 25.0. The van der Waals surface area contributed by atoms with E-state index < -0.39 is 5.82 Å². The number of hydrogen-bond acceptors (Lipinski definition) is 8. The van der Waals surface area contributed by atoms with Gasteiger partial charge in [0, 0.05) is 41.7 Å². The standard InChI is InChI=1S/C27H24FN5O3/c1-4-14-7-6-8-15-9-18(34)11-19(20(14)15)23-22(28)24-21(26(30-23)36-5-2)25(32-27(31-24)35-3)33-12-16-10-17(13-33)29-16/h1,6-9,11,16-17,29,34H,5,10,12-13H2,2-3H3. The van der Waals surface area contributed by atoms with E-state index in [9.17, 15) is 5.11 Å². The van der Waals surface area contributed by atoms with E-state index in [0.717, 1.165) is 19.5 Å². The third kappa shape index (κ3) is 3.45. The van der Waals surface area contributed by atoms with Gasteiger partial charge in [0.05, 0.1) is 13.7 Å². The number of phenols is 1. The molecule has 8 nitrogen and oxygen atoms in total. The van der Waals surface area contributed by atoms with E-state index in [1.807, 2.05) is 6.92 Å². The molecule has 182 valence electrons. The van der Waals surface area contributed by atoms with E-state index in [-0.39, 0.29) is 28.9 Å². The van der Waals surface area contributed by atoms with Crippen molar-refractivity contribution in [2.24, 2.45) is 0 Å². The molecule has 2 unspecified atom stereocenters. The Morgan fingerprint density at radius 3 is 2.67 bits per heavy atom. The molecular formula is C27H24FN5O3. The second-order valence-corrected chi connectivity index (χ2v) is 9.01. The van der Waals surface area contributed by atoms with E-state index in [1.165, 1.54) is 13.2 Å². The second-order valence-electron chi connectivity index (χ2n) is 9.01. The second kappa shape index (κ2) is 8.50. The van der Waals surface area contributed by atoms with Crippen LogP contribution in [-0.2, 0) is 0 Å². The van der Waals surface area contributed by atoms with Gasteiger partial charge in [-0.25, -0.2) is 9.37 Å². The zero-order valence-corrected chi connectivity index (χ0v) is 19.9. The van der Waals surface area contributed by atoms with Gasteiger partial charge in [0.1, 0.15) is 28.2 Å². The Morgan fingerprint density at radius 2 is 1.97 bits per heavy atom. The van der Waals surface area contributed by atoms with Crippen LogP contribution < -0.4 is 19.7 Å². The van der Waals surface area contributed by atoms with Crippen molar-refractivity contribution in [1.82, 2.24) is 20.3 Å². The molecule has 2 bridgehead atoms. The van der Waals surface area contributed by atoms with Crippen molar-refractivity contribution in [3.8, 4) is 41.2 Å². The van der Waals surface area contributed by atoms with Gasteiger partial charge in [0.2, 0.25) is 5.88 Å². The van der Waals surface area contributed by atoms with Crippen molar-refractivity contribution >= 4 is 27.5 Å². The molecule has 2 aromatic heterocycles. The van der Waals surface area contributed by atoms with Gasteiger partial charge in [-0.2, -0.15) is 9.97 Å². The quantitative estimate of drug-likeness (QED) is 0.414. The lowest BCUT2D eigenvalue weighted by Crippen LogP contribution is -2.67. The van der Waals surface area contributed by atoms with Gasteiger partial charge in [-0.1, -0.05) is 18.1 Å². The lowest BCUT2D eigenvalue weighted by atomic mass is 9.91. The molecule has 4 aromatic rings. The summed E-state index contributed by atoms with van der Waals surface area (Å²) >= 11 is 0. The highest BCUT2D eigenvalue weighted by Crippen LogP contribution is 2.42. The number of nitrogens with one attached hydrogen (secondary N) is 1. The number of nitrogens with zero attached hydrogens (tertiary/aromatic N) is 4. The normalized spacial score (nSPS) is 18.7. The minimum Gasteiger partial charge on any atom is -0.508 e. The number of piperazine rings is 1. The number of benzene rings is 2. The van der Waals surface area contributed by atoms with Gasteiger partial charge in [-0.05, 0) is 36.9 Å². The zero-order valence-electron chi connectivity index (χ0n) is 19.9. The number of rotatable bonds is 5. The maximum Gasteiger partial charge on any atom is 0.318 e. The molecule has 36 heavy (non-hydrogen) atoms. The number of aromatic hydroxyl groups is 1. The molecule has 3 saturated heterocycles. The molecule has 3 fully saturated rings. The number of fused-ring (bicyclic) bond motifs is 4. The molecule has 2 N–H and O–H groups in total. The number of piperidine rings is 1. The van der Waals surface area contributed by atoms with Crippen LogP contribution in [0.1, 0.15) is 18.9 Å². The van der Waals surface area contributed by atoms with Gasteiger partial charge in [-0.3, -0.25) is 0 Å². The van der Waals surface area contributed by atoms with Crippen LogP contribution in [0.4, 0.5) is 10.2 Å². The lowest BCUT2D eigenvalue weighted by Gasteiger charge is -2.48. The average Bonchev–Trinajstić information content (AvgIpc) is 2.88. The number of terminal acetylenes is 1. The molecule has 0 amide bonds. The van der Waals surface area contributed by atoms with E-state index >= 15 is 4.39 Å². The van der Waals surface area contributed by atoms with E-state index in [1.54, 1.807) is 24.3 Å². The summed E-state index contributed by atoms with van der Waals surface area (Å²) in [6, 6.07) is 9.17. The maximum absolute atomic E-state index is 16.4. The summed E-state index contributed by atoms with van der Waals surface area (Å²) in [7, 11) is 1.45. The Morgan fingerprint density at radius 1 is 1.19 bits per heavy atom. The van der Waals surface area contributed by atoms with Gasteiger partial charge >= 0.3 is 6.01 Å². The molecule has 0 saturated carbocycles. The van der Waals surface area contributed by atoms with Crippen molar-refractivity contribution in [1.29, 1.82) is 0 Å². The fraction of sp³-hybridized carbons (Fsp3) is 0.296. The van der Waals surface area contributed by atoms with Gasteiger partial charge in [0.25, 0.3) is 0 Å². The van der Waals surface area contributed by atoms with Crippen LogP contribution in [0.15, 0.2) is 30.3 Å². The van der Waals surface area contributed by atoms with Crippen LogP contribution >= 0.6 is 0 Å². The van der Waals surface area contributed by atoms with Crippen molar-refractivity contribution < 1.29 is 19.0 Å². The highest BCUT2D eigenvalue weighted by molar-refractivity contribution is 6.04. The molecule has 5 heterocycles. The van der Waals surface area contributed by atoms with Crippen LogP contribution in [0.3, 0.4) is 0 Å². The first kappa shape index (κ1) is 22.3. The average molecular weight is 486 g/mol. The largest absolute Gasteiger partial charge is 0.508 e. The third-order valence-electron chi connectivity index (χ3n) is 6.77. The first-order chi connectivity index (χ1) is 17.5. The molecule has 0 spiro atoms. The topological polar surface area (TPSA) is 92.6 Å². The van der Waals surface area contributed by atoms with Crippen LogP contribution in [-0.4, -0.2) is 58.9 Å². The summed E-state index contributed by atoms with van der Waals surface area (Å²) in [6.07, 6.45) is 6.87. The van der Waals surface area contributed by atoms with Gasteiger partial charge < -0.3 is 24.8 Å². The molecule has 3 aliphatic rings. The van der Waals surface area contributed by atoms with Crippen LogP contribution in [0.5, 0.6) is 17.6 Å². The summed E-state index contributed by atoms with van der Waals surface area (Å²) < 4.78 is 27.7. The summed E-state index contributed by atoms with van der Waals surface area (Å²) in [4.78, 5) is 15.7. The lowest BCUT2D eigenvalue weighted by molar-refractivity contribution is 0.225. The Kier molecular flexibility index (Phi) is 5.27. The van der Waals surface area contributed by atoms with E-state index in [2.05, 4.69) is 31.1 Å². The van der Waals surface area contributed by atoms with Crippen molar-refractivity contribution in [2.75, 3.05) is 31.7 Å². The van der Waals surface area contributed by atoms with E-state index in [0.29, 0.717) is 51.8 Å². The third-order valence-corrected chi connectivity index (χ3v) is 6.77. The minimum atomic E-state index is -0.672. The molecule has 0 aliphatic carbocycles. The number of hydrogen-bond donors (Lipinski definition) is 2. The molecule has 2 aromatic carbocycles. The fourth-order valence-corrected chi connectivity index (χ4v) is 5.25. The van der Waals surface area contributed by atoms with Crippen LogP contribution in [0.25, 0.3) is 32.9 Å². The van der Waals surface area contributed by atoms with E-state index in [4.69, 9.17) is 15.9 Å². The molecular weight excluding hydrogens is 461 g/mol. The molecule has 9 heteroatoms. The summed E-state index contributed by atoms with van der Waals surface area (Å²) in [5.41, 5.74) is 0.917. The molecule has 3 aliphatic heterocycles. The summed E-state index contributed by atoms with van der Waals surface area (Å²) in [5.74, 6) is 2.69. The fourth-order valence-electron chi connectivity index (χ4n) is 5.25. The Balaban J connectivity index is 1.66. The Hall–Kier alpha value is -4.16. The maximum atomic E-state index is 16.4. The molecule has 0 radical (unpaired) electrons. The predicted molar refractivity (Wildman–Crippen MR) is 135 cm³/mol. The monoisotopic (exact) mass is 485 g/mol. The minimum absolute atomic E-state index is 0.0237. The first-order valence-electron chi connectivity index (χ1n) is 11.8. The van der Waals surface area contributed by atoms with Crippen molar-refractivity contribution in [2.45, 2.75) is 25.4 Å². The van der Waals surface area contributed by atoms with Gasteiger partial charge in [0.15, 0.2) is 5.82 Å². The number of pyridine rings is 1. The number of halogens is 1. The number of anilines is 1. The molecule has 2 atom stereocenters. The van der Waals surface area contributed by atoms with Crippen molar-refractivity contribution in [3.63, 3.8) is 0 Å². The first-order valence-corrected chi connectivity index (χ1v) is 11.8. The summed E-state index contributed by atoms with van der Waals surface area (Å²) in [6.45, 7) is 3.59. The Bertz CT molecular complexity index is 1550. The number of phenolic OH excluding ortho intramolecular Hbond substituents is 1. The highest BCUT2D eigenvalue weighted by atomic mass is 19.1. The van der Waals surface area contributed by atoms with Gasteiger partial charge in [-0.15, -0.1) is 6.42 Å². The number of methoxy groups -OCH3 is 1. The highest BCUT2D eigenvalue weighted by Gasteiger charge is 2.38. The van der Waals surface area contributed by atoms with Crippen LogP contribution in [0, 0.1) is 18.2 Å². The Labute approximate surface area is 207 Å². The molecule has 7 rings (SSSR count). The summed E-state index contributed by atoms with van der Waals surface area (Å²) in [5, 5.41) is 15.6. The number of ether oxygens (including phenoxy) is 2. The predicted octanol–water partition coefficient (Wildman–Crippen LogP) is 3.63. The van der Waals surface area contributed by atoms with Crippen molar-refractivity contribution in [3.05, 3.63) is 41.7 Å². The van der Waals surface area contributed by atoms with Crippen LogP contribution in [0.2, 0.25) is 0 Å². The smallest absolute Gasteiger partial charge is 0.318 e. The SMILES string of the molecule is C#Cc1cccc2cc(O)cc(-c3nc(OCC)c4c(N5CC6CC(C5)N6)nc(OC)nc4c3F)c12. The number of aromatic nitrogens is 3.